The number of nitrogens with zero attached hydrogens (tertiary/aromatic N) is 1. The Kier molecular flexibility index (Phi) is 5.59. The Labute approximate surface area is 77.9 Å². The molecule has 0 aromatic rings. The highest BCUT2D eigenvalue weighted by Crippen LogP contribution is 1.99. The minimum absolute atomic E-state index is 0.209. The minimum atomic E-state index is -0.900. The molecule has 0 aliphatic heterocycles. The van der Waals surface area contributed by atoms with E-state index in [1.165, 1.54) is 6.08 Å². The molecule has 13 heavy (non-hydrogen) atoms. The molecule has 74 valence electrons. The summed E-state index contributed by atoms with van der Waals surface area (Å²) < 4.78 is 0. The lowest BCUT2D eigenvalue weighted by atomic mass is 10.2. The number of carboxylic acid groups (broad SMARTS) is 1. The molecule has 0 aliphatic rings. The summed E-state index contributed by atoms with van der Waals surface area (Å²) in [5.74, 6) is -0.900. The number of oxime groups is 1. The van der Waals surface area contributed by atoms with Crippen molar-refractivity contribution < 1.29 is 14.7 Å². The summed E-state index contributed by atoms with van der Waals surface area (Å²) in [6.07, 6.45) is 2.02. The van der Waals surface area contributed by atoms with E-state index in [0.29, 0.717) is 12.0 Å². The fourth-order valence-electron chi connectivity index (χ4n) is 0.687. The third-order valence-electron chi connectivity index (χ3n) is 1.31. The molecular weight excluding hydrogens is 170 g/mol. The second-order valence-corrected chi connectivity index (χ2v) is 2.72. The molecule has 4 nitrogen and oxygen atoms in total. The smallest absolute Gasteiger partial charge is 0.331 e. The van der Waals surface area contributed by atoms with Gasteiger partial charge in [-0.3, -0.25) is 0 Å². The third-order valence-corrected chi connectivity index (χ3v) is 1.31. The van der Waals surface area contributed by atoms with Gasteiger partial charge in [-0.1, -0.05) is 12.1 Å². The van der Waals surface area contributed by atoms with E-state index >= 15 is 0 Å². The summed E-state index contributed by atoms with van der Waals surface area (Å²) in [6, 6.07) is 0. The Morgan fingerprint density at radius 3 is 2.54 bits per heavy atom. The Bertz CT molecular complexity index is 227. The zero-order valence-electron chi connectivity index (χ0n) is 8.20. The van der Waals surface area contributed by atoms with Crippen LogP contribution in [0.2, 0.25) is 0 Å². The zero-order chi connectivity index (χ0) is 10.3. The molecule has 0 radical (unpaired) electrons. The van der Waals surface area contributed by atoms with Crippen LogP contribution in [-0.2, 0) is 9.63 Å². The molecule has 0 heterocycles. The van der Waals surface area contributed by atoms with Crippen LogP contribution < -0.4 is 0 Å². The van der Waals surface area contributed by atoms with Gasteiger partial charge in [-0.05, 0) is 26.3 Å². The Hall–Kier alpha value is -1.32. The van der Waals surface area contributed by atoms with Gasteiger partial charge in [0, 0.05) is 5.57 Å². The molecule has 0 bridgehead atoms. The second kappa shape index (κ2) is 6.22. The number of carboxylic acids is 1. The largest absolute Gasteiger partial charge is 0.478 e. The highest BCUT2D eigenvalue weighted by atomic mass is 16.6. The molecule has 0 unspecified atom stereocenters. The first-order valence-electron chi connectivity index (χ1n) is 4.13. The summed E-state index contributed by atoms with van der Waals surface area (Å²) in [7, 11) is 0. The lowest BCUT2D eigenvalue weighted by molar-refractivity contribution is -0.132. The maximum Gasteiger partial charge on any atom is 0.331 e. The van der Waals surface area contributed by atoms with Crippen LogP contribution in [0.5, 0.6) is 0 Å². The molecule has 0 aromatic carbocycles. The van der Waals surface area contributed by atoms with Gasteiger partial charge in [0.05, 0.1) is 5.71 Å². The van der Waals surface area contributed by atoms with Crippen LogP contribution in [-0.4, -0.2) is 23.4 Å². The topological polar surface area (TPSA) is 58.9 Å². The molecule has 0 rings (SSSR count). The van der Waals surface area contributed by atoms with Gasteiger partial charge in [0.1, 0.15) is 6.61 Å². The fourth-order valence-corrected chi connectivity index (χ4v) is 0.687. The summed E-state index contributed by atoms with van der Waals surface area (Å²) in [6.45, 7) is 5.61. The van der Waals surface area contributed by atoms with E-state index in [1.54, 1.807) is 6.92 Å². The van der Waals surface area contributed by atoms with Crippen molar-refractivity contribution in [1.29, 1.82) is 0 Å². The van der Waals surface area contributed by atoms with Crippen molar-refractivity contribution in [3.63, 3.8) is 0 Å². The number of hydrogen-bond donors (Lipinski definition) is 1. The first-order chi connectivity index (χ1) is 6.07. The van der Waals surface area contributed by atoms with Crippen LogP contribution in [0.1, 0.15) is 27.2 Å². The van der Waals surface area contributed by atoms with E-state index in [1.807, 2.05) is 13.8 Å². The molecule has 0 fully saturated rings. The normalized spacial score (nSPS) is 10.8. The summed E-state index contributed by atoms with van der Waals surface area (Å²) >= 11 is 0. The average Bonchev–Trinajstić information content (AvgIpc) is 2.03. The highest BCUT2D eigenvalue weighted by molar-refractivity contribution is 5.86. The molecule has 0 saturated heterocycles. The average molecular weight is 185 g/mol. The van der Waals surface area contributed by atoms with Crippen molar-refractivity contribution in [3.8, 4) is 0 Å². The fraction of sp³-hybridized carbons (Fsp3) is 0.556. The Balaban J connectivity index is 3.95. The summed E-state index contributed by atoms with van der Waals surface area (Å²) in [5, 5.41) is 12.3. The summed E-state index contributed by atoms with van der Waals surface area (Å²) in [4.78, 5) is 15.3. The quantitative estimate of drug-likeness (QED) is 0.307. The van der Waals surface area contributed by atoms with Crippen molar-refractivity contribution in [2.75, 3.05) is 6.61 Å². The van der Waals surface area contributed by atoms with Crippen molar-refractivity contribution in [3.05, 3.63) is 11.6 Å². The first-order valence-corrected chi connectivity index (χ1v) is 4.13. The van der Waals surface area contributed by atoms with E-state index in [9.17, 15) is 4.79 Å². The standard InChI is InChI=1S/C9H15NO3/c1-4-8(9(11)12)5-6-13-10-7(2)3/h5H,4,6H2,1-3H3,(H,11,12). The molecule has 0 atom stereocenters. The van der Waals surface area contributed by atoms with Crippen LogP contribution in [0, 0.1) is 0 Å². The van der Waals surface area contributed by atoms with Gasteiger partial charge in [-0.25, -0.2) is 4.79 Å². The summed E-state index contributed by atoms with van der Waals surface area (Å²) in [5.41, 5.74) is 1.16. The minimum Gasteiger partial charge on any atom is -0.478 e. The Morgan fingerprint density at radius 2 is 2.15 bits per heavy atom. The molecule has 0 spiro atoms. The number of aliphatic carboxylic acids is 1. The van der Waals surface area contributed by atoms with Crippen LogP contribution in [0.3, 0.4) is 0 Å². The third kappa shape index (κ3) is 5.90. The van der Waals surface area contributed by atoms with Crippen LogP contribution in [0.25, 0.3) is 0 Å². The predicted molar refractivity (Wildman–Crippen MR) is 50.7 cm³/mol. The van der Waals surface area contributed by atoms with Crippen LogP contribution in [0.4, 0.5) is 0 Å². The SMILES string of the molecule is CCC(=CCON=C(C)C)C(=O)O. The van der Waals surface area contributed by atoms with Gasteiger partial charge in [-0.2, -0.15) is 0 Å². The van der Waals surface area contributed by atoms with Crippen molar-refractivity contribution >= 4 is 11.7 Å². The lowest BCUT2D eigenvalue weighted by Gasteiger charge is -1.97. The number of carbonyl (C=O) groups is 1. The van der Waals surface area contributed by atoms with Gasteiger partial charge < -0.3 is 9.94 Å². The maximum atomic E-state index is 10.5. The van der Waals surface area contributed by atoms with E-state index < -0.39 is 5.97 Å². The van der Waals surface area contributed by atoms with E-state index in [0.717, 1.165) is 5.71 Å². The molecule has 0 aromatic heterocycles. The van der Waals surface area contributed by atoms with Gasteiger partial charge in [0.15, 0.2) is 0 Å². The van der Waals surface area contributed by atoms with Gasteiger partial charge in [0.25, 0.3) is 0 Å². The first kappa shape index (κ1) is 11.7. The molecule has 0 amide bonds. The van der Waals surface area contributed by atoms with Gasteiger partial charge in [-0.15, -0.1) is 0 Å². The van der Waals surface area contributed by atoms with Gasteiger partial charge in [0.2, 0.25) is 0 Å². The molecule has 1 N–H and O–H groups in total. The molecule has 0 saturated carbocycles. The van der Waals surface area contributed by atoms with Gasteiger partial charge >= 0.3 is 5.97 Å². The Morgan fingerprint density at radius 1 is 1.54 bits per heavy atom. The lowest BCUT2D eigenvalue weighted by Crippen LogP contribution is -2.00. The molecular formula is C9H15NO3. The van der Waals surface area contributed by atoms with E-state index in [4.69, 9.17) is 9.94 Å². The number of rotatable bonds is 5. The maximum absolute atomic E-state index is 10.5. The molecule has 0 aliphatic carbocycles. The van der Waals surface area contributed by atoms with Crippen LogP contribution >= 0.6 is 0 Å². The van der Waals surface area contributed by atoms with Crippen molar-refractivity contribution in [1.82, 2.24) is 0 Å². The zero-order valence-corrected chi connectivity index (χ0v) is 8.20. The second-order valence-electron chi connectivity index (χ2n) is 2.72. The highest BCUT2D eigenvalue weighted by Gasteiger charge is 2.02. The van der Waals surface area contributed by atoms with E-state index in [2.05, 4.69) is 5.16 Å². The van der Waals surface area contributed by atoms with Crippen molar-refractivity contribution in [2.24, 2.45) is 5.16 Å². The van der Waals surface area contributed by atoms with Crippen LogP contribution in [0.15, 0.2) is 16.8 Å². The predicted octanol–water partition coefficient (Wildman–Crippen LogP) is 1.82. The monoisotopic (exact) mass is 185 g/mol. The molecule has 4 heteroatoms. The van der Waals surface area contributed by atoms with Crippen molar-refractivity contribution in [2.45, 2.75) is 27.2 Å². The number of hydrogen-bond acceptors (Lipinski definition) is 3. The van der Waals surface area contributed by atoms with E-state index in [-0.39, 0.29) is 6.61 Å².